The molecular formula is C7H12NO. The number of rotatable bonds is 3. The molecule has 1 rings (SSSR count). The molecule has 0 aromatic rings. The lowest BCUT2D eigenvalue weighted by atomic mass is 10.3. The average Bonchev–Trinajstić information content (AvgIpc) is 2.48. The van der Waals surface area contributed by atoms with Gasteiger partial charge in [0, 0.05) is 13.5 Å². The molecule has 0 atom stereocenters. The molecule has 1 aliphatic carbocycles. The van der Waals surface area contributed by atoms with Crippen LogP contribution in [0.25, 0.3) is 0 Å². The Bertz CT molecular complexity index is 107. The van der Waals surface area contributed by atoms with Crippen LogP contribution in [0.5, 0.6) is 0 Å². The molecule has 0 spiro atoms. The van der Waals surface area contributed by atoms with Gasteiger partial charge in [-0.25, -0.2) is 0 Å². The van der Waals surface area contributed by atoms with Gasteiger partial charge in [0.15, 0.2) is 0 Å². The molecule has 0 aliphatic heterocycles. The molecule has 1 amide bonds. The average molecular weight is 126 g/mol. The summed E-state index contributed by atoms with van der Waals surface area (Å²) in [5.41, 5.74) is 0. The molecule has 1 saturated carbocycles. The molecule has 1 radical (unpaired) electrons. The number of carbonyl (C=O) groups excluding carboxylic acids is 1. The molecule has 0 aromatic carbocycles. The van der Waals surface area contributed by atoms with Gasteiger partial charge in [-0.2, -0.15) is 0 Å². The van der Waals surface area contributed by atoms with Crippen molar-refractivity contribution in [1.29, 1.82) is 0 Å². The lowest BCUT2D eigenvalue weighted by molar-refractivity contribution is -0.118. The van der Waals surface area contributed by atoms with Crippen molar-refractivity contribution < 1.29 is 4.79 Å². The molecule has 1 fully saturated rings. The fourth-order valence-corrected chi connectivity index (χ4v) is 0.701. The lowest BCUT2D eigenvalue weighted by Crippen LogP contribution is -2.21. The van der Waals surface area contributed by atoms with Crippen molar-refractivity contribution in [3.63, 3.8) is 0 Å². The van der Waals surface area contributed by atoms with E-state index >= 15 is 0 Å². The first kappa shape index (κ1) is 6.59. The van der Waals surface area contributed by atoms with Crippen LogP contribution < -0.4 is 5.32 Å². The molecule has 0 heterocycles. The third kappa shape index (κ3) is 3.12. The van der Waals surface area contributed by atoms with Gasteiger partial charge in [-0.15, -0.1) is 0 Å². The zero-order chi connectivity index (χ0) is 6.69. The number of carbonyl (C=O) groups is 1. The first-order valence-electron chi connectivity index (χ1n) is 3.37. The summed E-state index contributed by atoms with van der Waals surface area (Å²) in [4.78, 5) is 10.3. The standard InChI is InChI=1S/C7H12NO/c1-6(9)8-5-4-7-2-3-7/h4,7H,2-3,5H2,1H3,(H,8,9). The Kier molecular flexibility index (Phi) is 2.09. The Morgan fingerprint density at radius 2 is 2.44 bits per heavy atom. The molecule has 1 aliphatic rings. The Hall–Kier alpha value is -0.530. The monoisotopic (exact) mass is 126 g/mol. The molecule has 2 heteroatoms. The van der Waals surface area contributed by atoms with Crippen LogP contribution in [0.3, 0.4) is 0 Å². The van der Waals surface area contributed by atoms with E-state index in [0.717, 1.165) is 12.5 Å². The maximum atomic E-state index is 10.3. The van der Waals surface area contributed by atoms with Crippen LogP contribution >= 0.6 is 0 Å². The number of nitrogens with one attached hydrogen (secondary N) is 1. The number of hydrogen-bond donors (Lipinski definition) is 1. The van der Waals surface area contributed by atoms with Crippen LogP contribution in [0, 0.1) is 12.3 Å². The van der Waals surface area contributed by atoms with Crippen molar-refractivity contribution in [2.24, 2.45) is 5.92 Å². The second-order valence-electron chi connectivity index (χ2n) is 2.51. The summed E-state index contributed by atoms with van der Waals surface area (Å²) >= 11 is 0. The molecule has 51 valence electrons. The van der Waals surface area contributed by atoms with Crippen LogP contribution in [-0.2, 0) is 4.79 Å². The van der Waals surface area contributed by atoms with E-state index in [4.69, 9.17) is 0 Å². The maximum absolute atomic E-state index is 10.3. The van der Waals surface area contributed by atoms with Crippen molar-refractivity contribution in [2.45, 2.75) is 19.8 Å². The second kappa shape index (κ2) is 2.85. The topological polar surface area (TPSA) is 29.1 Å². The molecule has 1 N–H and O–H groups in total. The van der Waals surface area contributed by atoms with E-state index in [2.05, 4.69) is 11.7 Å². The third-order valence-electron chi connectivity index (χ3n) is 1.42. The number of amides is 1. The van der Waals surface area contributed by atoms with Gasteiger partial charge in [0.25, 0.3) is 0 Å². The fraction of sp³-hybridized carbons (Fsp3) is 0.714. The van der Waals surface area contributed by atoms with E-state index in [1.165, 1.54) is 12.8 Å². The zero-order valence-electron chi connectivity index (χ0n) is 5.68. The quantitative estimate of drug-likeness (QED) is 0.593. The van der Waals surface area contributed by atoms with Gasteiger partial charge < -0.3 is 5.32 Å². The highest BCUT2D eigenvalue weighted by molar-refractivity contribution is 5.72. The maximum Gasteiger partial charge on any atom is 0.216 e. The van der Waals surface area contributed by atoms with Gasteiger partial charge in [-0.1, -0.05) is 0 Å². The van der Waals surface area contributed by atoms with E-state index in [1.54, 1.807) is 6.92 Å². The minimum Gasteiger partial charge on any atom is -0.356 e. The summed E-state index contributed by atoms with van der Waals surface area (Å²) in [6.45, 7) is 2.29. The highest BCUT2D eigenvalue weighted by atomic mass is 16.1. The van der Waals surface area contributed by atoms with Crippen molar-refractivity contribution in [3.8, 4) is 0 Å². The molecule has 0 aromatic heterocycles. The fourth-order valence-electron chi connectivity index (χ4n) is 0.701. The lowest BCUT2D eigenvalue weighted by Gasteiger charge is -1.97. The summed E-state index contributed by atoms with van der Waals surface area (Å²) in [6.07, 6.45) is 4.81. The minimum absolute atomic E-state index is 0.0619. The zero-order valence-corrected chi connectivity index (χ0v) is 5.68. The molecule has 0 saturated heterocycles. The van der Waals surface area contributed by atoms with E-state index < -0.39 is 0 Å². The van der Waals surface area contributed by atoms with E-state index in [0.29, 0.717) is 0 Å². The van der Waals surface area contributed by atoms with Gasteiger partial charge in [0.1, 0.15) is 0 Å². The van der Waals surface area contributed by atoms with Gasteiger partial charge in [-0.3, -0.25) is 4.79 Å². The Balaban J connectivity index is 1.86. The van der Waals surface area contributed by atoms with E-state index in [9.17, 15) is 4.79 Å². The SMILES string of the molecule is CC(=O)NC[CH]C1CC1. The van der Waals surface area contributed by atoms with Gasteiger partial charge in [0.2, 0.25) is 5.91 Å². The van der Waals surface area contributed by atoms with Crippen molar-refractivity contribution in [3.05, 3.63) is 6.42 Å². The van der Waals surface area contributed by atoms with Crippen LogP contribution in [-0.4, -0.2) is 12.5 Å². The highest BCUT2D eigenvalue weighted by Crippen LogP contribution is 2.30. The molecular weight excluding hydrogens is 114 g/mol. The van der Waals surface area contributed by atoms with Gasteiger partial charge in [0.05, 0.1) is 0 Å². The van der Waals surface area contributed by atoms with Crippen LogP contribution in [0.1, 0.15) is 19.8 Å². The van der Waals surface area contributed by atoms with Crippen molar-refractivity contribution >= 4 is 5.91 Å². The summed E-state index contributed by atoms with van der Waals surface area (Å²) in [6, 6.07) is 0. The van der Waals surface area contributed by atoms with Crippen molar-refractivity contribution in [1.82, 2.24) is 5.32 Å². The van der Waals surface area contributed by atoms with Gasteiger partial charge >= 0.3 is 0 Å². The van der Waals surface area contributed by atoms with E-state index in [1.807, 2.05) is 0 Å². The second-order valence-corrected chi connectivity index (χ2v) is 2.51. The summed E-state index contributed by atoms with van der Waals surface area (Å²) in [5.74, 6) is 0.865. The number of hydrogen-bond acceptors (Lipinski definition) is 1. The Labute approximate surface area is 55.6 Å². The molecule has 2 nitrogen and oxygen atoms in total. The summed E-state index contributed by atoms with van der Waals surface area (Å²) in [7, 11) is 0. The first-order valence-corrected chi connectivity index (χ1v) is 3.37. The minimum atomic E-state index is 0.0619. The van der Waals surface area contributed by atoms with Crippen molar-refractivity contribution in [2.75, 3.05) is 6.54 Å². The van der Waals surface area contributed by atoms with Crippen LogP contribution in [0.4, 0.5) is 0 Å². The molecule has 0 unspecified atom stereocenters. The normalized spacial score (nSPS) is 17.4. The smallest absolute Gasteiger partial charge is 0.216 e. The largest absolute Gasteiger partial charge is 0.356 e. The van der Waals surface area contributed by atoms with Crippen LogP contribution in [0.15, 0.2) is 0 Å². The summed E-state index contributed by atoms with van der Waals surface area (Å²) in [5, 5.41) is 2.72. The third-order valence-corrected chi connectivity index (χ3v) is 1.42. The van der Waals surface area contributed by atoms with E-state index in [-0.39, 0.29) is 5.91 Å². The Morgan fingerprint density at radius 1 is 1.78 bits per heavy atom. The predicted octanol–water partition coefficient (Wildman–Crippen LogP) is 0.737. The van der Waals surface area contributed by atoms with Crippen LogP contribution in [0.2, 0.25) is 0 Å². The van der Waals surface area contributed by atoms with Gasteiger partial charge in [-0.05, 0) is 25.2 Å². The highest BCUT2D eigenvalue weighted by Gasteiger charge is 2.20. The predicted molar refractivity (Wildman–Crippen MR) is 35.7 cm³/mol. The first-order chi connectivity index (χ1) is 4.29. The Morgan fingerprint density at radius 3 is 2.89 bits per heavy atom. The molecule has 9 heavy (non-hydrogen) atoms. The summed E-state index contributed by atoms with van der Waals surface area (Å²) < 4.78 is 0. The molecule has 0 bridgehead atoms.